The Hall–Kier alpha value is -2.16. The summed E-state index contributed by atoms with van der Waals surface area (Å²) < 4.78 is 10.6. The van der Waals surface area contributed by atoms with Gasteiger partial charge in [-0.2, -0.15) is 0 Å². The molecule has 7 nitrogen and oxygen atoms in total. The average Bonchev–Trinajstić information content (AvgIpc) is 3.02. The molecular weight excluding hydrogens is 330 g/mol. The van der Waals surface area contributed by atoms with E-state index >= 15 is 0 Å². The van der Waals surface area contributed by atoms with E-state index in [-0.39, 0.29) is 24.6 Å². The minimum absolute atomic E-state index is 0.0749. The zero-order valence-electron chi connectivity index (χ0n) is 13.2. The number of aliphatic hydroxyl groups is 1. The monoisotopic (exact) mass is 349 g/mol. The highest BCUT2D eigenvalue weighted by atomic mass is 32.1. The molecule has 1 aromatic carbocycles. The molecular formula is C16H19N3O4S. The molecule has 3 rings (SSSR count). The van der Waals surface area contributed by atoms with Crippen LogP contribution in [0.3, 0.4) is 0 Å². The molecule has 2 aromatic rings. The SMILES string of the molecule is COCc1csc(NC(=O)N[C@H]2c3ccccc3OC[C@H]2CO)n1. The van der Waals surface area contributed by atoms with Gasteiger partial charge < -0.3 is 19.9 Å². The summed E-state index contributed by atoms with van der Waals surface area (Å²) in [6.45, 7) is 0.682. The standard InChI is InChI=1S/C16H19N3O4S/c1-22-8-11-9-24-16(17-11)19-15(21)18-14-10(6-20)7-23-13-5-3-2-4-12(13)14/h2-5,9-10,14,20H,6-8H2,1H3,(H2,17,18,19,21)/t10-,14-/m1/s1. The molecule has 0 saturated heterocycles. The van der Waals surface area contributed by atoms with Crippen LogP contribution in [0.15, 0.2) is 29.6 Å². The van der Waals surface area contributed by atoms with E-state index < -0.39 is 0 Å². The first-order chi connectivity index (χ1) is 11.7. The Bertz CT molecular complexity index is 706. The van der Waals surface area contributed by atoms with Crippen molar-refractivity contribution in [2.24, 2.45) is 5.92 Å². The van der Waals surface area contributed by atoms with Crippen LogP contribution in [0.25, 0.3) is 0 Å². The van der Waals surface area contributed by atoms with Gasteiger partial charge in [0, 0.05) is 24.0 Å². The van der Waals surface area contributed by atoms with Crippen molar-refractivity contribution in [2.45, 2.75) is 12.6 Å². The molecule has 0 spiro atoms. The number of carbonyl (C=O) groups excluding carboxylic acids is 1. The lowest BCUT2D eigenvalue weighted by Gasteiger charge is -2.32. The lowest BCUT2D eigenvalue weighted by molar-refractivity contribution is 0.114. The van der Waals surface area contributed by atoms with Gasteiger partial charge in [-0.05, 0) is 6.07 Å². The number of benzene rings is 1. The summed E-state index contributed by atoms with van der Waals surface area (Å²) in [5, 5.41) is 17.5. The van der Waals surface area contributed by atoms with Crippen LogP contribution >= 0.6 is 11.3 Å². The van der Waals surface area contributed by atoms with Crippen LogP contribution in [0.5, 0.6) is 5.75 Å². The number of aromatic nitrogens is 1. The van der Waals surface area contributed by atoms with E-state index in [0.29, 0.717) is 18.3 Å². The third-order valence-electron chi connectivity index (χ3n) is 3.76. The number of nitrogens with zero attached hydrogens (tertiary/aromatic N) is 1. The summed E-state index contributed by atoms with van der Waals surface area (Å²) in [6.07, 6.45) is 0. The first-order valence-electron chi connectivity index (χ1n) is 7.54. The fourth-order valence-corrected chi connectivity index (χ4v) is 3.31. The van der Waals surface area contributed by atoms with E-state index in [0.717, 1.165) is 17.0 Å². The Morgan fingerprint density at radius 3 is 3.12 bits per heavy atom. The topological polar surface area (TPSA) is 92.7 Å². The number of nitrogens with one attached hydrogen (secondary N) is 2. The van der Waals surface area contributed by atoms with Gasteiger partial charge in [0.1, 0.15) is 5.75 Å². The molecule has 1 aromatic heterocycles. The molecule has 0 bridgehead atoms. The van der Waals surface area contributed by atoms with Crippen LogP contribution in [-0.4, -0.2) is 36.4 Å². The highest BCUT2D eigenvalue weighted by Crippen LogP contribution is 2.35. The van der Waals surface area contributed by atoms with E-state index in [1.54, 1.807) is 7.11 Å². The van der Waals surface area contributed by atoms with Crippen LogP contribution in [0.2, 0.25) is 0 Å². The molecule has 8 heteroatoms. The number of thiazole rings is 1. The van der Waals surface area contributed by atoms with E-state index in [2.05, 4.69) is 15.6 Å². The second-order valence-corrected chi connectivity index (χ2v) is 6.30. The molecule has 0 saturated carbocycles. The molecule has 0 aliphatic carbocycles. The number of urea groups is 1. The summed E-state index contributed by atoms with van der Waals surface area (Å²) in [4.78, 5) is 16.6. The van der Waals surface area contributed by atoms with Crippen molar-refractivity contribution in [3.63, 3.8) is 0 Å². The second-order valence-electron chi connectivity index (χ2n) is 5.44. The van der Waals surface area contributed by atoms with Crippen molar-refractivity contribution in [1.29, 1.82) is 0 Å². The normalized spacial score (nSPS) is 19.2. The van der Waals surface area contributed by atoms with Crippen LogP contribution in [0, 0.1) is 5.92 Å². The second kappa shape index (κ2) is 7.61. The summed E-state index contributed by atoms with van der Waals surface area (Å²) in [6, 6.07) is 6.82. The van der Waals surface area contributed by atoms with Gasteiger partial charge >= 0.3 is 6.03 Å². The zero-order valence-corrected chi connectivity index (χ0v) is 14.0. The maximum absolute atomic E-state index is 12.3. The Morgan fingerprint density at radius 2 is 2.33 bits per heavy atom. The fraction of sp³-hybridized carbons (Fsp3) is 0.375. The van der Waals surface area contributed by atoms with Gasteiger partial charge in [-0.25, -0.2) is 9.78 Å². The molecule has 1 aliphatic rings. The van der Waals surface area contributed by atoms with Crippen LogP contribution in [-0.2, 0) is 11.3 Å². The maximum Gasteiger partial charge on any atom is 0.321 e. The number of ether oxygens (including phenoxy) is 2. The Kier molecular flexibility index (Phi) is 5.29. The van der Waals surface area contributed by atoms with E-state index in [1.165, 1.54) is 11.3 Å². The van der Waals surface area contributed by atoms with Crippen molar-refractivity contribution < 1.29 is 19.4 Å². The van der Waals surface area contributed by atoms with E-state index in [4.69, 9.17) is 9.47 Å². The van der Waals surface area contributed by atoms with E-state index in [1.807, 2.05) is 29.6 Å². The van der Waals surface area contributed by atoms with Gasteiger partial charge in [0.05, 0.1) is 31.6 Å². The number of amides is 2. The number of rotatable bonds is 5. The number of hydrogen-bond acceptors (Lipinski definition) is 6. The third kappa shape index (κ3) is 3.66. The molecule has 0 fully saturated rings. The zero-order chi connectivity index (χ0) is 16.9. The fourth-order valence-electron chi connectivity index (χ4n) is 2.62. The number of para-hydroxylation sites is 1. The van der Waals surface area contributed by atoms with Crippen LogP contribution in [0.1, 0.15) is 17.3 Å². The third-order valence-corrected chi connectivity index (χ3v) is 4.57. The number of fused-ring (bicyclic) bond motifs is 1. The quantitative estimate of drug-likeness (QED) is 0.769. The molecule has 3 N–H and O–H groups in total. The molecule has 2 heterocycles. The molecule has 0 radical (unpaired) electrons. The van der Waals surface area contributed by atoms with Crippen molar-refractivity contribution in [3.05, 3.63) is 40.9 Å². The van der Waals surface area contributed by atoms with Crippen molar-refractivity contribution in [3.8, 4) is 5.75 Å². The molecule has 0 unspecified atom stereocenters. The lowest BCUT2D eigenvalue weighted by atomic mass is 9.91. The summed E-state index contributed by atoms with van der Waals surface area (Å²) >= 11 is 1.33. The first-order valence-corrected chi connectivity index (χ1v) is 8.42. The predicted molar refractivity (Wildman–Crippen MR) is 90.2 cm³/mol. The minimum atomic E-state index is -0.367. The smallest absolute Gasteiger partial charge is 0.321 e. The highest BCUT2D eigenvalue weighted by Gasteiger charge is 2.31. The van der Waals surface area contributed by atoms with Crippen molar-refractivity contribution in [2.75, 3.05) is 25.6 Å². The Labute approximate surface area is 143 Å². The van der Waals surface area contributed by atoms with Crippen molar-refractivity contribution in [1.82, 2.24) is 10.3 Å². The van der Waals surface area contributed by atoms with Gasteiger partial charge in [-0.3, -0.25) is 5.32 Å². The van der Waals surface area contributed by atoms with Gasteiger partial charge in [-0.15, -0.1) is 11.3 Å². The summed E-state index contributed by atoms with van der Waals surface area (Å²) in [5.74, 6) is 0.523. The Balaban J connectivity index is 1.70. The maximum atomic E-state index is 12.3. The van der Waals surface area contributed by atoms with Gasteiger partial charge in [0.25, 0.3) is 0 Å². The molecule has 24 heavy (non-hydrogen) atoms. The number of anilines is 1. The first kappa shape index (κ1) is 16.7. The number of carbonyl (C=O) groups is 1. The van der Waals surface area contributed by atoms with Gasteiger partial charge in [0.2, 0.25) is 0 Å². The Morgan fingerprint density at radius 1 is 1.50 bits per heavy atom. The van der Waals surface area contributed by atoms with Crippen LogP contribution in [0.4, 0.5) is 9.93 Å². The number of methoxy groups -OCH3 is 1. The number of aliphatic hydroxyl groups excluding tert-OH is 1. The molecule has 1 aliphatic heterocycles. The van der Waals surface area contributed by atoms with E-state index in [9.17, 15) is 9.90 Å². The molecule has 2 atom stereocenters. The average molecular weight is 349 g/mol. The summed E-state index contributed by atoms with van der Waals surface area (Å²) in [5.41, 5.74) is 1.62. The van der Waals surface area contributed by atoms with Crippen molar-refractivity contribution >= 4 is 22.5 Å². The predicted octanol–water partition coefficient (Wildman–Crippen LogP) is 2.15. The molecule has 2 amide bonds. The number of hydrogen-bond donors (Lipinski definition) is 3. The lowest BCUT2D eigenvalue weighted by Crippen LogP contribution is -2.41. The highest BCUT2D eigenvalue weighted by molar-refractivity contribution is 7.13. The van der Waals surface area contributed by atoms with Gasteiger partial charge in [-0.1, -0.05) is 18.2 Å². The van der Waals surface area contributed by atoms with Crippen LogP contribution < -0.4 is 15.4 Å². The largest absolute Gasteiger partial charge is 0.493 e. The molecule has 128 valence electrons. The van der Waals surface area contributed by atoms with Gasteiger partial charge in [0.15, 0.2) is 5.13 Å². The summed E-state index contributed by atoms with van der Waals surface area (Å²) in [7, 11) is 1.59. The minimum Gasteiger partial charge on any atom is -0.493 e.